The Morgan fingerprint density at radius 2 is 2.05 bits per heavy atom. The fourth-order valence-corrected chi connectivity index (χ4v) is 3.01. The van der Waals surface area contributed by atoms with Crippen molar-refractivity contribution in [3.63, 3.8) is 0 Å². The van der Waals surface area contributed by atoms with Crippen molar-refractivity contribution in [1.29, 1.82) is 0 Å². The first-order valence-electron chi connectivity index (χ1n) is 7.03. The molecule has 0 saturated heterocycles. The van der Waals surface area contributed by atoms with Crippen molar-refractivity contribution in [3.8, 4) is 0 Å². The summed E-state index contributed by atoms with van der Waals surface area (Å²) in [5.41, 5.74) is 5.76. The van der Waals surface area contributed by atoms with Crippen LogP contribution in [0.3, 0.4) is 0 Å². The van der Waals surface area contributed by atoms with Crippen LogP contribution in [0.25, 0.3) is 10.9 Å². The largest absolute Gasteiger partial charge is 0.394 e. The second-order valence-corrected chi connectivity index (χ2v) is 5.61. The Bertz CT molecular complexity index is 660. The number of hydrogen-bond donors (Lipinski definition) is 2. The van der Waals surface area contributed by atoms with Crippen molar-refractivity contribution < 1.29 is 10.2 Å². The molecule has 1 aromatic heterocycles. The Morgan fingerprint density at radius 1 is 1.29 bits per heavy atom. The van der Waals surface area contributed by atoms with Crippen molar-refractivity contribution in [2.24, 2.45) is 0 Å². The Morgan fingerprint density at radius 3 is 2.76 bits per heavy atom. The number of fused-ring (bicyclic) bond motifs is 2. The summed E-state index contributed by atoms with van der Waals surface area (Å²) in [6.45, 7) is 5.29. The Hall–Kier alpha value is -1.36. The van der Waals surface area contributed by atoms with Crippen molar-refractivity contribution >= 4 is 29.0 Å². The van der Waals surface area contributed by atoms with Gasteiger partial charge in [0, 0.05) is 29.9 Å². The predicted octanol–water partition coefficient (Wildman–Crippen LogP) is 1.99. The standard InChI is InChI=1S/C16H20N2O2.ClH/c1-10-5-11(2)17-15-6-12-3-4-18(8-13(20)9-19)16(12)7-14(10)15;/h5-7,13,19-20H,3-4,8-9H2,1-2H3;1H. The minimum Gasteiger partial charge on any atom is -0.394 e. The molecule has 0 radical (unpaired) electrons. The number of benzene rings is 1. The number of aliphatic hydroxyl groups excluding tert-OH is 2. The quantitative estimate of drug-likeness (QED) is 0.910. The Kier molecular flexibility index (Phi) is 4.71. The van der Waals surface area contributed by atoms with Crippen molar-refractivity contribution in [2.75, 3.05) is 24.6 Å². The van der Waals surface area contributed by atoms with Crippen LogP contribution in [-0.2, 0) is 6.42 Å². The van der Waals surface area contributed by atoms with Crippen LogP contribution in [0, 0.1) is 13.8 Å². The second-order valence-electron chi connectivity index (χ2n) is 5.61. The summed E-state index contributed by atoms with van der Waals surface area (Å²) in [4.78, 5) is 6.76. The van der Waals surface area contributed by atoms with E-state index in [0.717, 1.165) is 24.2 Å². The first kappa shape index (κ1) is 16.0. The van der Waals surface area contributed by atoms with Crippen LogP contribution >= 0.6 is 12.4 Å². The van der Waals surface area contributed by atoms with Gasteiger partial charge in [-0.2, -0.15) is 0 Å². The van der Waals surface area contributed by atoms with Crippen LogP contribution in [0.5, 0.6) is 0 Å². The summed E-state index contributed by atoms with van der Waals surface area (Å²) in [5.74, 6) is 0. The number of halogens is 1. The van der Waals surface area contributed by atoms with E-state index in [1.165, 1.54) is 22.2 Å². The van der Waals surface area contributed by atoms with E-state index in [0.29, 0.717) is 6.54 Å². The van der Waals surface area contributed by atoms with E-state index in [9.17, 15) is 5.11 Å². The number of aliphatic hydroxyl groups is 2. The molecular formula is C16H21ClN2O2. The highest BCUT2D eigenvalue weighted by Gasteiger charge is 2.22. The average molecular weight is 309 g/mol. The van der Waals surface area contributed by atoms with E-state index in [2.05, 4.69) is 35.0 Å². The normalized spacial score (nSPS) is 15.0. The molecule has 0 spiro atoms. The fourth-order valence-electron chi connectivity index (χ4n) is 3.01. The van der Waals surface area contributed by atoms with Gasteiger partial charge in [0.25, 0.3) is 0 Å². The molecule has 0 aliphatic carbocycles. The summed E-state index contributed by atoms with van der Waals surface area (Å²) in [6.07, 6.45) is 0.284. The Labute approximate surface area is 130 Å². The van der Waals surface area contributed by atoms with Crippen LogP contribution in [0.1, 0.15) is 16.8 Å². The summed E-state index contributed by atoms with van der Waals surface area (Å²) in [6, 6.07) is 6.43. The maximum Gasteiger partial charge on any atom is 0.0945 e. The molecule has 1 aliphatic heterocycles. The Balaban J connectivity index is 0.00000161. The average Bonchev–Trinajstić information content (AvgIpc) is 2.79. The molecule has 5 heteroatoms. The zero-order valence-electron chi connectivity index (χ0n) is 12.3. The van der Waals surface area contributed by atoms with E-state index in [-0.39, 0.29) is 19.0 Å². The molecular weight excluding hydrogens is 288 g/mol. The number of aromatic nitrogens is 1. The number of aryl methyl sites for hydroxylation is 2. The van der Waals surface area contributed by atoms with E-state index in [4.69, 9.17) is 5.11 Å². The lowest BCUT2D eigenvalue weighted by Gasteiger charge is -2.22. The molecule has 2 N–H and O–H groups in total. The summed E-state index contributed by atoms with van der Waals surface area (Å²) in [5, 5.41) is 19.8. The van der Waals surface area contributed by atoms with Crippen molar-refractivity contribution in [3.05, 3.63) is 35.0 Å². The molecule has 0 saturated carbocycles. The number of anilines is 1. The van der Waals surface area contributed by atoms with Crippen LogP contribution in [0.2, 0.25) is 0 Å². The van der Waals surface area contributed by atoms with Crippen LogP contribution < -0.4 is 4.90 Å². The maximum atomic E-state index is 9.64. The first-order chi connectivity index (χ1) is 9.58. The highest BCUT2D eigenvalue weighted by atomic mass is 35.5. The van der Waals surface area contributed by atoms with Crippen molar-refractivity contribution in [2.45, 2.75) is 26.4 Å². The van der Waals surface area contributed by atoms with Gasteiger partial charge in [-0.15, -0.1) is 12.4 Å². The number of pyridine rings is 1. The summed E-state index contributed by atoms with van der Waals surface area (Å²) < 4.78 is 0. The van der Waals surface area contributed by atoms with Gasteiger partial charge in [-0.3, -0.25) is 4.98 Å². The van der Waals surface area contributed by atoms with Gasteiger partial charge in [0.1, 0.15) is 0 Å². The van der Waals surface area contributed by atoms with Gasteiger partial charge in [0.05, 0.1) is 18.2 Å². The molecule has 1 aromatic carbocycles. The van der Waals surface area contributed by atoms with Gasteiger partial charge < -0.3 is 15.1 Å². The molecule has 2 aromatic rings. The van der Waals surface area contributed by atoms with Crippen LogP contribution in [0.4, 0.5) is 5.69 Å². The molecule has 4 nitrogen and oxygen atoms in total. The second kappa shape index (κ2) is 6.18. The number of nitrogens with zero attached hydrogens (tertiary/aromatic N) is 2. The monoisotopic (exact) mass is 308 g/mol. The molecule has 0 fully saturated rings. The molecule has 1 unspecified atom stereocenters. The lowest BCUT2D eigenvalue weighted by molar-refractivity contribution is 0.100. The zero-order chi connectivity index (χ0) is 14.3. The molecule has 114 valence electrons. The zero-order valence-corrected chi connectivity index (χ0v) is 13.2. The van der Waals surface area contributed by atoms with Crippen LogP contribution in [0.15, 0.2) is 18.2 Å². The third kappa shape index (κ3) is 2.98. The molecule has 0 amide bonds. The van der Waals surface area contributed by atoms with Gasteiger partial charge in [0.2, 0.25) is 0 Å². The third-order valence-corrected chi connectivity index (χ3v) is 3.98. The SMILES string of the molecule is Cc1cc(C)c2cc3c(cc2n1)CCN3CC(O)CO.Cl. The lowest BCUT2D eigenvalue weighted by atomic mass is 10.0. The minimum atomic E-state index is -0.686. The molecule has 0 bridgehead atoms. The van der Waals surface area contributed by atoms with E-state index < -0.39 is 6.10 Å². The van der Waals surface area contributed by atoms with Gasteiger partial charge >= 0.3 is 0 Å². The van der Waals surface area contributed by atoms with Crippen molar-refractivity contribution in [1.82, 2.24) is 4.98 Å². The van der Waals surface area contributed by atoms with Crippen LogP contribution in [-0.4, -0.2) is 41.0 Å². The van der Waals surface area contributed by atoms with E-state index in [1.807, 2.05) is 6.92 Å². The predicted molar refractivity (Wildman–Crippen MR) is 87.5 cm³/mol. The summed E-state index contributed by atoms with van der Waals surface area (Å²) >= 11 is 0. The molecule has 2 heterocycles. The molecule has 3 rings (SSSR count). The number of hydrogen-bond acceptors (Lipinski definition) is 4. The molecule has 1 aliphatic rings. The van der Waals surface area contributed by atoms with E-state index >= 15 is 0 Å². The first-order valence-corrected chi connectivity index (χ1v) is 7.03. The molecule has 21 heavy (non-hydrogen) atoms. The highest BCUT2D eigenvalue weighted by molar-refractivity contribution is 5.88. The maximum absolute atomic E-state index is 9.64. The topological polar surface area (TPSA) is 56.6 Å². The van der Waals surface area contributed by atoms with Gasteiger partial charge in [-0.25, -0.2) is 0 Å². The fraction of sp³-hybridized carbons (Fsp3) is 0.438. The third-order valence-electron chi connectivity index (χ3n) is 3.98. The van der Waals surface area contributed by atoms with Gasteiger partial charge in [-0.05, 0) is 49.6 Å². The van der Waals surface area contributed by atoms with Gasteiger partial charge in [-0.1, -0.05) is 0 Å². The number of rotatable bonds is 3. The van der Waals surface area contributed by atoms with Gasteiger partial charge in [0.15, 0.2) is 0 Å². The summed E-state index contributed by atoms with van der Waals surface area (Å²) in [7, 11) is 0. The lowest BCUT2D eigenvalue weighted by Crippen LogP contribution is -2.32. The number of β-amino-alcohol motifs (C(OH)–C–C–N with tert-alkyl or cyclic N) is 1. The highest BCUT2D eigenvalue weighted by Crippen LogP contribution is 2.33. The minimum absolute atomic E-state index is 0. The van der Waals surface area contributed by atoms with E-state index in [1.54, 1.807) is 0 Å². The molecule has 1 atom stereocenters. The smallest absolute Gasteiger partial charge is 0.0945 e.